The van der Waals surface area contributed by atoms with Crippen LogP contribution in [0.5, 0.6) is 0 Å². The van der Waals surface area contributed by atoms with Gasteiger partial charge in [-0.2, -0.15) is 9.78 Å². The molecule has 1 aliphatic rings. The van der Waals surface area contributed by atoms with Crippen LogP contribution in [0.2, 0.25) is 15.1 Å². The van der Waals surface area contributed by atoms with Crippen molar-refractivity contribution in [1.82, 2.24) is 9.78 Å². The lowest BCUT2D eigenvalue weighted by molar-refractivity contribution is 0.625. The molecule has 0 aliphatic heterocycles. The zero-order valence-electron chi connectivity index (χ0n) is 13.8. The van der Waals surface area contributed by atoms with Gasteiger partial charge in [-0.25, -0.2) is 4.39 Å². The van der Waals surface area contributed by atoms with E-state index in [0.717, 1.165) is 22.4 Å². The lowest BCUT2D eigenvalue weighted by Gasteiger charge is -2.11. The molecule has 0 bridgehead atoms. The molecular formula is C19H13Cl3FN3O. The van der Waals surface area contributed by atoms with E-state index >= 15 is 0 Å². The Hall–Kier alpha value is -2.08. The fourth-order valence-corrected chi connectivity index (χ4v) is 3.49. The zero-order valence-corrected chi connectivity index (χ0v) is 16.1. The second-order valence-corrected chi connectivity index (χ2v) is 7.53. The van der Waals surface area contributed by atoms with Gasteiger partial charge < -0.3 is 5.32 Å². The van der Waals surface area contributed by atoms with Crippen molar-refractivity contribution in [2.24, 2.45) is 0 Å². The van der Waals surface area contributed by atoms with Crippen LogP contribution in [0, 0.1) is 5.82 Å². The lowest BCUT2D eigenvalue weighted by Crippen LogP contribution is -2.21. The Morgan fingerprint density at radius 1 is 1.11 bits per heavy atom. The van der Waals surface area contributed by atoms with Crippen molar-refractivity contribution >= 4 is 40.5 Å². The molecule has 8 heteroatoms. The summed E-state index contributed by atoms with van der Waals surface area (Å²) in [5.41, 5.74) is 1.66. The number of hydrogen-bond donors (Lipinski definition) is 1. The highest BCUT2D eigenvalue weighted by Crippen LogP contribution is 2.44. The molecule has 0 radical (unpaired) electrons. The van der Waals surface area contributed by atoms with E-state index < -0.39 is 5.56 Å². The van der Waals surface area contributed by atoms with Crippen LogP contribution in [0.1, 0.15) is 17.9 Å². The average Bonchev–Trinajstić information content (AvgIpc) is 3.41. The van der Waals surface area contributed by atoms with Crippen molar-refractivity contribution in [3.05, 3.63) is 85.5 Å². The third kappa shape index (κ3) is 3.68. The highest BCUT2D eigenvalue weighted by molar-refractivity contribution is 6.41. The number of hydrogen-bond acceptors (Lipinski definition) is 3. The van der Waals surface area contributed by atoms with Crippen molar-refractivity contribution in [3.8, 4) is 5.69 Å². The van der Waals surface area contributed by atoms with Crippen molar-refractivity contribution in [3.63, 3.8) is 0 Å². The third-order valence-electron chi connectivity index (χ3n) is 4.48. The molecule has 27 heavy (non-hydrogen) atoms. The molecular weight excluding hydrogens is 412 g/mol. The molecule has 1 fully saturated rings. The molecule has 2 aromatic carbocycles. The van der Waals surface area contributed by atoms with Crippen molar-refractivity contribution in [2.75, 3.05) is 5.32 Å². The molecule has 138 valence electrons. The van der Waals surface area contributed by atoms with Crippen LogP contribution in [0.25, 0.3) is 5.69 Å². The van der Waals surface area contributed by atoms with Gasteiger partial charge in [-0.3, -0.25) is 4.79 Å². The molecule has 1 aromatic heterocycles. The molecule has 2 atom stereocenters. The minimum atomic E-state index is -0.519. The summed E-state index contributed by atoms with van der Waals surface area (Å²) in [6.07, 6.45) is 2.20. The topological polar surface area (TPSA) is 46.9 Å². The van der Waals surface area contributed by atoms with Gasteiger partial charge in [0, 0.05) is 12.0 Å². The molecule has 1 N–H and O–H groups in total. The Morgan fingerprint density at radius 3 is 2.67 bits per heavy atom. The summed E-state index contributed by atoms with van der Waals surface area (Å²) >= 11 is 18.1. The quantitative estimate of drug-likeness (QED) is 0.618. The predicted octanol–water partition coefficient (Wildman–Crippen LogP) is 5.30. The number of nitrogens with one attached hydrogen (secondary N) is 1. The number of halogens is 4. The third-order valence-corrected chi connectivity index (χ3v) is 5.54. The second-order valence-electron chi connectivity index (χ2n) is 6.34. The van der Waals surface area contributed by atoms with Gasteiger partial charge in [0.2, 0.25) is 0 Å². The maximum Gasteiger partial charge on any atom is 0.291 e. The van der Waals surface area contributed by atoms with E-state index in [1.54, 1.807) is 30.3 Å². The van der Waals surface area contributed by atoms with Crippen LogP contribution >= 0.6 is 34.8 Å². The maximum absolute atomic E-state index is 13.4. The van der Waals surface area contributed by atoms with E-state index in [-0.39, 0.29) is 27.8 Å². The number of rotatable bonds is 4. The molecule has 4 rings (SSSR count). The lowest BCUT2D eigenvalue weighted by atomic mass is 10.1. The van der Waals surface area contributed by atoms with E-state index in [1.807, 2.05) is 6.07 Å². The van der Waals surface area contributed by atoms with Gasteiger partial charge in [0.25, 0.3) is 5.56 Å². The van der Waals surface area contributed by atoms with Crippen LogP contribution < -0.4 is 10.9 Å². The number of nitrogens with zero attached hydrogens (tertiary/aromatic N) is 2. The van der Waals surface area contributed by atoms with E-state index in [0.29, 0.717) is 10.7 Å². The summed E-state index contributed by atoms with van der Waals surface area (Å²) in [4.78, 5) is 12.2. The molecule has 0 spiro atoms. The Bertz CT molecular complexity index is 1090. The predicted molar refractivity (Wildman–Crippen MR) is 106 cm³/mol. The fraction of sp³-hybridized carbons (Fsp3) is 0.158. The van der Waals surface area contributed by atoms with Crippen LogP contribution in [0.3, 0.4) is 0 Å². The number of aromatic nitrogens is 2. The van der Waals surface area contributed by atoms with Gasteiger partial charge in [-0.15, -0.1) is 0 Å². The van der Waals surface area contributed by atoms with Crippen molar-refractivity contribution in [1.29, 1.82) is 0 Å². The molecule has 2 unspecified atom stereocenters. The smallest absolute Gasteiger partial charge is 0.291 e. The highest BCUT2D eigenvalue weighted by atomic mass is 35.5. The standard InChI is InChI=1S/C19H13Cl3FN3O/c20-14-7-12(26-19(27)18(22)15(21)9-24-26)4-5-16(14)25-17-8-13(17)10-2-1-3-11(23)6-10/h1-7,9,13,17,25H,8H2. The summed E-state index contributed by atoms with van der Waals surface area (Å²) in [6, 6.07) is 11.9. The summed E-state index contributed by atoms with van der Waals surface area (Å²) in [6.45, 7) is 0. The Kier molecular flexibility index (Phi) is 4.84. The van der Waals surface area contributed by atoms with E-state index in [4.69, 9.17) is 34.8 Å². The van der Waals surface area contributed by atoms with E-state index in [2.05, 4.69) is 10.4 Å². The Labute approximate surface area is 169 Å². The van der Waals surface area contributed by atoms with Gasteiger partial charge in [0.1, 0.15) is 10.8 Å². The normalized spacial score (nSPS) is 18.4. The highest BCUT2D eigenvalue weighted by Gasteiger charge is 2.38. The minimum Gasteiger partial charge on any atom is -0.380 e. The largest absolute Gasteiger partial charge is 0.380 e. The fourth-order valence-electron chi connectivity index (χ4n) is 3.01. The van der Waals surface area contributed by atoms with Gasteiger partial charge in [0.15, 0.2) is 0 Å². The first-order valence-electron chi connectivity index (χ1n) is 8.19. The maximum atomic E-state index is 13.4. The summed E-state index contributed by atoms with van der Waals surface area (Å²) in [5.74, 6) is 0.0101. The van der Waals surface area contributed by atoms with Gasteiger partial charge in [-0.1, -0.05) is 46.9 Å². The molecule has 0 saturated heterocycles. The van der Waals surface area contributed by atoms with Crippen LogP contribution in [-0.4, -0.2) is 15.8 Å². The SMILES string of the molecule is O=c1c(Cl)c(Cl)cnn1-c1ccc(NC2CC2c2cccc(F)c2)c(Cl)c1. The number of benzene rings is 2. The van der Waals surface area contributed by atoms with Crippen LogP contribution in [0.15, 0.2) is 53.5 Å². The Morgan fingerprint density at radius 2 is 1.93 bits per heavy atom. The van der Waals surface area contributed by atoms with Crippen molar-refractivity contribution < 1.29 is 4.39 Å². The van der Waals surface area contributed by atoms with Gasteiger partial charge in [-0.05, 0) is 42.3 Å². The van der Waals surface area contributed by atoms with Crippen LogP contribution in [-0.2, 0) is 0 Å². The molecule has 1 saturated carbocycles. The molecule has 3 aromatic rings. The van der Waals surface area contributed by atoms with Crippen LogP contribution in [0.4, 0.5) is 10.1 Å². The van der Waals surface area contributed by atoms with E-state index in [1.165, 1.54) is 12.3 Å². The zero-order chi connectivity index (χ0) is 19.1. The summed E-state index contributed by atoms with van der Waals surface area (Å²) in [7, 11) is 0. The van der Waals surface area contributed by atoms with E-state index in [9.17, 15) is 9.18 Å². The summed E-state index contributed by atoms with van der Waals surface area (Å²) in [5, 5.41) is 7.78. The number of anilines is 1. The Balaban J connectivity index is 1.54. The second kappa shape index (κ2) is 7.15. The van der Waals surface area contributed by atoms with Gasteiger partial charge >= 0.3 is 0 Å². The molecule has 1 aliphatic carbocycles. The van der Waals surface area contributed by atoms with Gasteiger partial charge in [0.05, 0.1) is 27.6 Å². The van der Waals surface area contributed by atoms with Crippen molar-refractivity contribution in [2.45, 2.75) is 18.4 Å². The average molecular weight is 425 g/mol. The molecule has 0 amide bonds. The first-order chi connectivity index (χ1) is 12.9. The molecule has 1 heterocycles. The summed E-state index contributed by atoms with van der Waals surface area (Å²) < 4.78 is 14.5. The first kappa shape index (κ1) is 18.3. The minimum absolute atomic E-state index is 0.0964. The monoisotopic (exact) mass is 423 g/mol. The molecule has 4 nitrogen and oxygen atoms in total. The first-order valence-corrected chi connectivity index (χ1v) is 9.32.